The number of piperidine rings is 1. The highest BCUT2D eigenvalue weighted by Crippen LogP contribution is 2.17. The number of nitrogens with one attached hydrogen (secondary N) is 1. The molecule has 0 spiro atoms. The zero-order valence-electron chi connectivity index (χ0n) is 15.1. The summed E-state index contributed by atoms with van der Waals surface area (Å²) in [6.07, 6.45) is 2.50. The number of amides is 2. The van der Waals surface area contributed by atoms with Gasteiger partial charge in [0.05, 0.1) is 6.10 Å². The molecule has 2 amide bonds. The van der Waals surface area contributed by atoms with Crippen LogP contribution >= 0.6 is 11.6 Å². The number of likely N-dealkylation sites (tertiary alicyclic amines) is 1. The number of methoxy groups -OCH3 is 1. The monoisotopic (exact) mass is 366 g/mol. The highest BCUT2D eigenvalue weighted by Gasteiger charge is 2.30. The molecule has 0 saturated carbocycles. The summed E-state index contributed by atoms with van der Waals surface area (Å²) in [6, 6.07) is 6.16. The first kappa shape index (κ1) is 19.7. The van der Waals surface area contributed by atoms with Gasteiger partial charge in [-0.05, 0) is 49.4 Å². The minimum atomic E-state index is -0.512. The Balaban J connectivity index is 2.03. The summed E-state index contributed by atoms with van der Waals surface area (Å²) in [6.45, 7) is 5.43. The quantitative estimate of drug-likeness (QED) is 0.841. The fourth-order valence-electron chi connectivity index (χ4n) is 3.07. The molecule has 25 heavy (non-hydrogen) atoms. The Morgan fingerprint density at radius 1 is 1.24 bits per heavy atom. The molecule has 138 valence electrons. The van der Waals surface area contributed by atoms with Gasteiger partial charge >= 0.3 is 0 Å². The Morgan fingerprint density at radius 3 is 2.36 bits per heavy atom. The molecule has 1 aliphatic rings. The molecule has 0 bridgehead atoms. The van der Waals surface area contributed by atoms with E-state index in [0.29, 0.717) is 36.0 Å². The van der Waals surface area contributed by atoms with Crippen molar-refractivity contribution in [2.75, 3.05) is 20.2 Å². The standard InChI is InChI=1S/C19H27ClN2O3/c1-13(2)12-17(19(24)22-10-8-16(25-3)9-11-22)21-18(23)14-4-6-15(20)7-5-14/h4-7,13,16-17H,8-12H2,1-3H3,(H,21,23). The third-order valence-electron chi connectivity index (χ3n) is 4.50. The molecule has 1 saturated heterocycles. The second-order valence-corrected chi connectivity index (χ2v) is 7.36. The highest BCUT2D eigenvalue weighted by atomic mass is 35.5. The van der Waals surface area contributed by atoms with Gasteiger partial charge in [0.1, 0.15) is 6.04 Å². The first-order chi connectivity index (χ1) is 11.9. The summed E-state index contributed by atoms with van der Waals surface area (Å²) in [7, 11) is 1.70. The molecule has 6 heteroatoms. The zero-order valence-corrected chi connectivity index (χ0v) is 15.9. The van der Waals surface area contributed by atoms with Crippen LogP contribution in [-0.2, 0) is 9.53 Å². The maximum absolute atomic E-state index is 12.9. The van der Waals surface area contributed by atoms with Crippen molar-refractivity contribution in [2.24, 2.45) is 5.92 Å². The number of hydrogen-bond donors (Lipinski definition) is 1. The first-order valence-corrected chi connectivity index (χ1v) is 9.16. The normalized spacial score (nSPS) is 16.8. The topological polar surface area (TPSA) is 58.6 Å². The predicted molar refractivity (Wildman–Crippen MR) is 98.8 cm³/mol. The summed E-state index contributed by atoms with van der Waals surface area (Å²) in [5.74, 6) is 0.0454. The van der Waals surface area contributed by atoms with E-state index >= 15 is 0 Å². The number of halogens is 1. The van der Waals surface area contributed by atoms with Gasteiger partial charge in [-0.3, -0.25) is 9.59 Å². The number of rotatable bonds is 6. The lowest BCUT2D eigenvalue weighted by molar-refractivity contribution is -0.136. The molecule has 0 aliphatic carbocycles. The maximum atomic E-state index is 12.9. The number of carbonyl (C=O) groups excluding carboxylic acids is 2. The molecule has 1 fully saturated rings. The van der Waals surface area contributed by atoms with Gasteiger partial charge in [-0.1, -0.05) is 25.4 Å². The van der Waals surface area contributed by atoms with Gasteiger partial charge < -0.3 is 15.0 Å². The Bertz CT molecular complexity index is 581. The zero-order chi connectivity index (χ0) is 18.4. The predicted octanol–water partition coefficient (Wildman–Crippen LogP) is 3.12. The minimum Gasteiger partial charge on any atom is -0.381 e. The van der Waals surface area contributed by atoms with Crippen LogP contribution in [0.1, 0.15) is 43.5 Å². The van der Waals surface area contributed by atoms with E-state index in [9.17, 15) is 9.59 Å². The summed E-state index contributed by atoms with van der Waals surface area (Å²) < 4.78 is 5.36. The third kappa shape index (κ3) is 5.72. The van der Waals surface area contributed by atoms with Crippen LogP contribution in [0.5, 0.6) is 0 Å². The van der Waals surface area contributed by atoms with Crippen LogP contribution < -0.4 is 5.32 Å². The molecule has 1 aromatic carbocycles. The molecule has 1 aromatic rings. The average molecular weight is 367 g/mol. The van der Waals surface area contributed by atoms with Gasteiger partial charge in [-0.25, -0.2) is 0 Å². The summed E-state index contributed by atoms with van der Waals surface area (Å²) in [4.78, 5) is 27.2. The van der Waals surface area contributed by atoms with Crippen molar-refractivity contribution >= 4 is 23.4 Å². The van der Waals surface area contributed by atoms with Crippen LogP contribution in [0, 0.1) is 5.92 Å². The lowest BCUT2D eigenvalue weighted by atomic mass is 10.00. The fraction of sp³-hybridized carbons (Fsp3) is 0.579. The molecule has 1 heterocycles. The second-order valence-electron chi connectivity index (χ2n) is 6.92. The highest BCUT2D eigenvalue weighted by molar-refractivity contribution is 6.30. The molecule has 0 radical (unpaired) electrons. The molecular formula is C19H27ClN2O3. The molecule has 0 aromatic heterocycles. The minimum absolute atomic E-state index is 0.00873. The molecule has 5 nitrogen and oxygen atoms in total. The van der Waals surface area contributed by atoms with Crippen LogP contribution in [0.4, 0.5) is 0 Å². The first-order valence-electron chi connectivity index (χ1n) is 8.78. The van der Waals surface area contributed by atoms with E-state index in [0.717, 1.165) is 12.8 Å². The Hall–Kier alpha value is -1.59. The van der Waals surface area contributed by atoms with Crippen molar-refractivity contribution in [2.45, 2.75) is 45.3 Å². The van der Waals surface area contributed by atoms with Crippen molar-refractivity contribution in [3.8, 4) is 0 Å². The average Bonchev–Trinajstić information content (AvgIpc) is 2.60. The number of carbonyl (C=O) groups is 2. The van der Waals surface area contributed by atoms with Crippen LogP contribution in [0.25, 0.3) is 0 Å². The van der Waals surface area contributed by atoms with Gasteiger partial charge in [-0.2, -0.15) is 0 Å². The number of nitrogens with zero attached hydrogens (tertiary/aromatic N) is 1. The van der Waals surface area contributed by atoms with Gasteiger partial charge in [0.25, 0.3) is 5.91 Å². The maximum Gasteiger partial charge on any atom is 0.251 e. The van der Waals surface area contributed by atoms with E-state index < -0.39 is 6.04 Å². The lowest BCUT2D eigenvalue weighted by Gasteiger charge is -2.34. The fourth-order valence-corrected chi connectivity index (χ4v) is 3.19. The summed E-state index contributed by atoms with van der Waals surface area (Å²) >= 11 is 5.86. The molecule has 1 N–H and O–H groups in total. The van der Waals surface area contributed by atoms with Gasteiger partial charge in [0.2, 0.25) is 5.91 Å². The van der Waals surface area contributed by atoms with Crippen LogP contribution in [-0.4, -0.2) is 49.1 Å². The SMILES string of the molecule is COC1CCN(C(=O)C(CC(C)C)NC(=O)c2ccc(Cl)cc2)CC1. The van der Waals surface area contributed by atoms with Gasteiger partial charge in [0.15, 0.2) is 0 Å². The van der Waals surface area contributed by atoms with Crippen molar-refractivity contribution in [3.05, 3.63) is 34.9 Å². The largest absolute Gasteiger partial charge is 0.381 e. The lowest BCUT2D eigenvalue weighted by Crippen LogP contribution is -2.51. The summed E-state index contributed by atoms with van der Waals surface area (Å²) in [5, 5.41) is 3.48. The van der Waals surface area contributed by atoms with Crippen LogP contribution in [0.2, 0.25) is 5.02 Å². The van der Waals surface area contributed by atoms with E-state index in [4.69, 9.17) is 16.3 Å². The van der Waals surface area contributed by atoms with Gasteiger partial charge in [-0.15, -0.1) is 0 Å². The summed E-state index contributed by atoms with van der Waals surface area (Å²) in [5.41, 5.74) is 0.504. The Morgan fingerprint density at radius 2 is 1.84 bits per heavy atom. The molecule has 1 aliphatic heterocycles. The number of benzene rings is 1. The number of ether oxygens (including phenoxy) is 1. The Labute approximate surface area is 154 Å². The molecule has 2 rings (SSSR count). The van der Waals surface area contributed by atoms with E-state index in [1.807, 2.05) is 18.7 Å². The van der Waals surface area contributed by atoms with Crippen molar-refractivity contribution in [1.29, 1.82) is 0 Å². The van der Waals surface area contributed by atoms with Gasteiger partial charge in [0, 0.05) is 30.8 Å². The van der Waals surface area contributed by atoms with E-state index in [1.54, 1.807) is 31.4 Å². The smallest absolute Gasteiger partial charge is 0.251 e. The molecule has 1 unspecified atom stereocenters. The van der Waals surface area contributed by atoms with E-state index in [1.165, 1.54) is 0 Å². The van der Waals surface area contributed by atoms with Crippen LogP contribution in [0.15, 0.2) is 24.3 Å². The van der Waals surface area contributed by atoms with E-state index in [2.05, 4.69) is 5.32 Å². The molecule has 1 atom stereocenters. The third-order valence-corrected chi connectivity index (χ3v) is 4.76. The second kappa shape index (κ2) is 9.20. The number of hydrogen-bond acceptors (Lipinski definition) is 3. The Kier molecular flexibility index (Phi) is 7.26. The molecular weight excluding hydrogens is 340 g/mol. The van der Waals surface area contributed by atoms with Crippen molar-refractivity contribution in [3.63, 3.8) is 0 Å². The van der Waals surface area contributed by atoms with Crippen molar-refractivity contribution in [1.82, 2.24) is 10.2 Å². The van der Waals surface area contributed by atoms with E-state index in [-0.39, 0.29) is 17.9 Å². The van der Waals surface area contributed by atoms with Crippen LogP contribution in [0.3, 0.4) is 0 Å². The van der Waals surface area contributed by atoms with Crippen molar-refractivity contribution < 1.29 is 14.3 Å².